The molecule has 1 aliphatic heterocycles. The van der Waals surface area contributed by atoms with E-state index in [2.05, 4.69) is 56.4 Å². The van der Waals surface area contributed by atoms with Crippen molar-refractivity contribution in [2.45, 2.75) is 0 Å². The van der Waals surface area contributed by atoms with Crippen LogP contribution in [0.3, 0.4) is 0 Å². The Morgan fingerprint density at radius 3 is 2.83 bits per heavy atom. The summed E-state index contributed by atoms with van der Waals surface area (Å²) in [4.78, 5) is 18.2. The van der Waals surface area contributed by atoms with Crippen molar-refractivity contribution < 1.29 is 0 Å². The summed E-state index contributed by atoms with van der Waals surface area (Å²) in [5, 5.41) is 15.6. The maximum absolute atomic E-state index is 9.45. The highest BCUT2D eigenvalue weighted by atomic mass is 32.1. The van der Waals surface area contributed by atoms with E-state index < -0.39 is 0 Å². The van der Waals surface area contributed by atoms with Gasteiger partial charge >= 0.3 is 0 Å². The number of nitrogens with one attached hydrogen (secondary N) is 2. The maximum Gasteiger partial charge on any atom is 0.229 e. The number of thiophene rings is 1. The molecule has 1 aliphatic rings. The molecule has 1 aromatic carbocycles. The first-order valence-corrected chi connectivity index (χ1v) is 10.7. The lowest BCUT2D eigenvalue weighted by Crippen LogP contribution is -2.44. The highest BCUT2D eigenvalue weighted by Crippen LogP contribution is 2.34. The van der Waals surface area contributed by atoms with Crippen molar-refractivity contribution in [1.29, 1.82) is 5.26 Å². The molecule has 2 N–H and O–H groups in total. The van der Waals surface area contributed by atoms with Crippen LogP contribution in [0, 0.1) is 11.3 Å². The summed E-state index contributed by atoms with van der Waals surface area (Å²) in [6, 6.07) is 14.4. The van der Waals surface area contributed by atoms with Crippen LogP contribution in [0.5, 0.6) is 0 Å². The Morgan fingerprint density at radius 1 is 1.13 bits per heavy atom. The van der Waals surface area contributed by atoms with Gasteiger partial charge in [0.05, 0.1) is 16.1 Å². The van der Waals surface area contributed by atoms with E-state index in [9.17, 15) is 5.26 Å². The van der Waals surface area contributed by atoms with Gasteiger partial charge in [-0.05, 0) is 42.8 Å². The number of anilines is 3. The molecule has 0 bridgehead atoms. The zero-order valence-electron chi connectivity index (χ0n) is 16.6. The van der Waals surface area contributed by atoms with Gasteiger partial charge in [0, 0.05) is 49.1 Å². The van der Waals surface area contributed by atoms with Crippen LogP contribution < -0.4 is 10.2 Å². The fourth-order valence-electron chi connectivity index (χ4n) is 3.73. The zero-order chi connectivity index (χ0) is 20.5. The van der Waals surface area contributed by atoms with Crippen LogP contribution in [-0.4, -0.2) is 53.1 Å². The first-order chi connectivity index (χ1) is 14.7. The number of piperazine rings is 1. The second-order valence-electron chi connectivity index (χ2n) is 7.38. The molecule has 0 radical (unpaired) electrons. The summed E-state index contributed by atoms with van der Waals surface area (Å²) in [6.07, 6.45) is 1.85. The minimum absolute atomic E-state index is 0.507. The molecule has 8 heteroatoms. The predicted octanol–water partition coefficient (Wildman–Crippen LogP) is 4.05. The predicted molar refractivity (Wildman–Crippen MR) is 121 cm³/mol. The average Bonchev–Trinajstić information content (AvgIpc) is 3.43. The number of nitriles is 1. The largest absolute Gasteiger partial charge is 0.369 e. The third kappa shape index (κ3) is 3.49. The maximum atomic E-state index is 9.45. The Bertz CT molecular complexity index is 1230. The molecule has 0 saturated carbocycles. The minimum Gasteiger partial charge on any atom is -0.369 e. The highest BCUT2D eigenvalue weighted by Gasteiger charge is 2.17. The summed E-state index contributed by atoms with van der Waals surface area (Å²) >= 11 is 1.52. The third-order valence-corrected chi connectivity index (χ3v) is 6.31. The number of aromatic amines is 1. The van der Waals surface area contributed by atoms with Crippen LogP contribution in [0.1, 0.15) is 5.56 Å². The van der Waals surface area contributed by atoms with Crippen LogP contribution >= 0.6 is 11.3 Å². The number of nitrogens with zero attached hydrogens (tertiary/aromatic N) is 5. The van der Waals surface area contributed by atoms with Crippen molar-refractivity contribution in [3.05, 3.63) is 53.5 Å². The molecule has 4 heterocycles. The smallest absolute Gasteiger partial charge is 0.229 e. The number of benzene rings is 1. The molecule has 0 unspecified atom stereocenters. The molecule has 0 atom stereocenters. The van der Waals surface area contributed by atoms with E-state index in [0.29, 0.717) is 11.5 Å². The number of fused-ring (bicyclic) bond motifs is 1. The number of hydrogen-bond acceptors (Lipinski definition) is 7. The lowest BCUT2D eigenvalue weighted by molar-refractivity contribution is 0.313. The van der Waals surface area contributed by atoms with E-state index in [0.717, 1.165) is 53.5 Å². The Hall–Kier alpha value is -3.41. The first-order valence-electron chi connectivity index (χ1n) is 9.85. The van der Waals surface area contributed by atoms with Gasteiger partial charge in [-0.15, -0.1) is 11.3 Å². The molecule has 0 aliphatic carbocycles. The van der Waals surface area contributed by atoms with E-state index in [1.54, 1.807) is 0 Å². The minimum atomic E-state index is 0.507. The molecule has 30 heavy (non-hydrogen) atoms. The zero-order valence-corrected chi connectivity index (χ0v) is 17.4. The Kier molecular flexibility index (Phi) is 4.83. The molecule has 1 saturated heterocycles. The van der Waals surface area contributed by atoms with Gasteiger partial charge < -0.3 is 20.1 Å². The summed E-state index contributed by atoms with van der Waals surface area (Å²) in [6.45, 7) is 4.17. The molecule has 1 fully saturated rings. The van der Waals surface area contributed by atoms with E-state index in [-0.39, 0.29) is 0 Å². The van der Waals surface area contributed by atoms with E-state index in [1.165, 1.54) is 17.0 Å². The molecular weight excluding hydrogens is 394 g/mol. The molecular formula is C22H21N7S. The highest BCUT2D eigenvalue weighted by molar-refractivity contribution is 7.13. The van der Waals surface area contributed by atoms with E-state index in [4.69, 9.17) is 4.98 Å². The third-order valence-electron chi connectivity index (χ3n) is 5.39. The molecule has 7 nitrogen and oxygen atoms in total. The number of rotatable bonds is 4. The molecule has 4 aromatic rings. The van der Waals surface area contributed by atoms with Gasteiger partial charge in [0.15, 0.2) is 0 Å². The molecule has 150 valence electrons. The first kappa shape index (κ1) is 18.6. The van der Waals surface area contributed by atoms with Crippen molar-refractivity contribution >= 4 is 39.7 Å². The van der Waals surface area contributed by atoms with Gasteiger partial charge in [-0.3, -0.25) is 0 Å². The molecule has 3 aromatic heterocycles. The van der Waals surface area contributed by atoms with Crippen LogP contribution in [0.2, 0.25) is 0 Å². The van der Waals surface area contributed by atoms with Crippen LogP contribution in [0.15, 0.2) is 48.0 Å². The topological polar surface area (TPSA) is 83.9 Å². The summed E-state index contributed by atoms with van der Waals surface area (Å²) < 4.78 is 0. The second-order valence-corrected chi connectivity index (χ2v) is 8.29. The van der Waals surface area contributed by atoms with Gasteiger partial charge in [-0.2, -0.15) is 10.2 Å². The van der Waals surface area contributed by atoms with Crippen LogP contribution in [0.4, 0.5) is 17.3 Å². The van der Waals surface area contributed by atoms with Gasteiger partial charge in [-0.25, -0.2) is 4.98 Å². The van der Waals surface area contributed by atoms with Gasteiger partial charge in [0.25, 0.3) is 0 Å². The van der Waals surface area contributed by atoms with E-state index in [1.807, 2.05) is 29.8 Å². The normalized spacial score (nSPS) is 14.7. The summed E-state index contributed by atoms with van der Waals surface area (Å²) in [7, 11) is 2.16. The standard InChI is InChI=1S/C22H21N7S/c1-28-8-10-29(11-9-28)17-4-2-3-16(13-17)25-22-26-19(18-5-7-24-21(18)27-22)20-15(14-23)6-12-30-20/h2-7,12-13H,8-11H2,1H3,(H2,24,25,26,27). The summed E-state index contributed by atoms with van der Waals surface area (Å²) in [5.41, 5.74) is 4.28. The Morgan fingerprint density at radius 2 is 2.00 bits per heavy atom. The van der Waals surface area contributed by atoms with Gasteiger partial charge in [-0.1, -0.05) is 6.07 Å². The van der Waals surface area contributed by atoms with Crippen molar-refractivity contribution in [2.24, 2.45) is 0 Å². The number of H-pyrrole nitrogens is 1. The van der Waals surface area contributed by atoms with Crippen molar-refractivity contribution in [1.82, 2.24) is 19.9 Å². The van der Waals surface area contributed by atoms with Crippen molar-refractivity contribution in [3.8, 4) is 16.6 Å². The van der Waals surface area contributed by atoms with E-state index >= 15 is 0 Å². The SMILES string of the molecule is CN1CCN(c2cccc(Nc3nc(-c4sccc4C#N)c4cc[nH]c4n3)c2)CC1. The summed E-state index contributed by atoms with van der Waals surface area (Å²) in [5.74, 6) is 0.507. The number of likely N-dealkylation sites (N-methyl/N-ethyl adjacent to an activating group) is 1. The van der Waals surface area contributed by atoms with Crippen molar-refractivity contribution in [3.63, 3.8) is 0 Å². The van der Waals surface area contributed by atoms with Gasteiger partial charge in [0.1, 0.15) is 11.7 Å². The van der Waals surface area contributed by atoms with Crippen LogP contribution in [-0.2, 0) is 0 Å². The molecule has 0 spiro atoms. The van der Waals surface area contributed by atoms with Crippen molar-refractivity contribution in [2.75, 3.05) is 43.4 Å². The second kappa shape index (κ2) is 7.78. The molecule has 5 rings (SSSR count). The lowest BCUT2D eigenvalue weighted by atomic mass is 10.2. The Balaban J connectivity index is 1.48. The molecule has 0 amide bonds. The Labute approximate surface area is 178 Å². The lowest BCUT2D eigenvalue weighted by Gasteiger charge is -2.34. The monoisotopic (exact) mass is 415 g/mol. The fraction of sp³-hybridized carbons (Fsp3) is 0.227. The quantitative estimate of drug-likeness (QED) is 0.523. The van der Waals surface area contributed by atoms with Crippen LogP contribution in [0.25, 0.3) is 21.6 Å². The van der Waals surface area contributed by atoms with Gasteiger partial charge in [0.2, 0.25) is 5.95 Å². The fourth-order valence-corrected chi connectivity index (χ4v) is 4.57. The number of aromatic nitrogens is 3. The average molecular weight is 416 g/mol. The number of hydrogen-bond donors (Lipinski definition) is 2.